The molecule has 0 fully saturated rings. The van der Waals surface area contributed by atoms with E-state index in [2.05, 4.69) is 83.1 Å². The van der Waals surface area contributed by atoms with Gasteiger partial charge in [-0.25, -0.2) is 0 Å². The molecule has 0 aliphatic heterocycles. The minimum absolute atomic E-state index is 0.156. The first-order valence-corrected chi connectivity index (χ1v) is 8.73. The minimum Gasteiger partial charge on any atom is -0.154 e. The van der Waals surface area contributed by atoms with E-state index in [1.54, 1.807) is 0 Å². The molecule has 0 unspecified atom stereocenters. The molecule has 0 amide bonds. The van der Waals surface area contributed by atoms with Crippen LogP contribution in [0.3, 0.4) is 0 Å². The summed E-state index contributed by atoms with van der Waals surface area (Å²) in [6, 6.07) is 17.7. The molecule has 2 aromatic carbocycles. The molecule has 0 heterocycles. The Balaban J connectivity index is 2.42. The summed E-state index contributed by atoms with van der Waals surface area (Å²) < 4.78 is 0. The Labute approximate surface area is 134 Å². The molecule has 0 atom stereocenters. The molecule has 0 radical (unpaired) electrons. The maximum absolute atomic E-state index is 2.40. The lowest BCUT2D eigenvalue weighted by Crippen LogP contribution is -2.13. The van der Waals surface area contributed by atoms with Gasteiger partial charge in [0.1, 0.15) is 0 Å². The highest BCUT2D eigenvalue weighted by atomic mass is 32.2. The summed E-state index contributed by atoms with van der Waals surface area (Å²) in [6.45, 7) is 11.4. The van der Waals surface area contributed by atoms with Gasteiger partial charge < -0.3 is 0 Å². The summed E-state index contributed by atoms with van der Waals surface area (Å²) in [4.78, 5) is 0. The van der Waals surface area contributed by atoms with Crippen molar-refractivity contribution in [2.75, 3.05) is 0 Å². The topological polar surface area (TPSA) is 0 Å². The highest BCUT2D eigenvalue weighted by Gasteiger charge is 2.19. The summed E-state index contributed by atoms with van der Waals surface area (Å²) in [6.07, 6.45) is 0. The number of benzene rings is 2. The second kappa shape index (κ2) is 6.70. The standard InChI is InChI=1S/C20H26S/c1-15(2)21-14-16-11-12-18(17-9-7-6-8-10-17)19(13-16)20(3,4)5/h6-13,15H,14H2,1-5H3. The molecule has 2 rings (SSSR count). The lowest BCUT2D eigenvalue weighted by molar-refractivity contribution is 0.591. The van der Waals surface area contributed by atoms with Crippen LogP contribution in [0.4, 0.5) is 0 Å². The van der Waals surface area contributed by atoms with Gasteiger partial charge in [-0.15, -0.1) is 0 Å². The smallest absolute Gasteiger partial charge is 0.0187 e. The van der Waals surface area contributed by atoms with E-state index in [-0.39, 0.29) is 5.41 Å². The van der Waals surface area contributed by atoms with Crippen LogP contribution in [-0.4, -0.2) is 5.25 Å². The van der Waals surface area contributed by atoms with E-state index in [1.807, 2.05) is 11.8 Å². The van der Waals surface area contributed by atoms with Gasteiger partial charge in [-0.2, -0.15) is 11.8 Å². The summed E-state index contributed by atoms with van der Waals surface area (Å²) >= 11 is 2.01. The normalized spacial score (nSPS) is 11.9. The van der Waals surface area contributed by atoms with E-state index in [1.165, 1.54) is 22.3 Å². The number of rotatable bonds is 4. The molecule has 0 saturated carbocycles. The predicted molar refractivity (Wildman–Crippen MR) is 97.0 cm³/mol. The van der Waals surface area contributed by atoms with Crippen molar-refractivity contribution in [2.45, 2.75) is 51.0 Å². The average molecular weight is 298 g/mol. The maximum atomic E-state index is 2.40. The Morgan fingerprint density at radius 2 is 1.62 bits per heavy atom. The zero-order chi connectivity index (χ0) is 15.5. The first-order valence-electron chi connectivity index (χ1n) is 7.68. The summed E-state index contributed by atoms with van der Waals surface area (Å²) in [5.74, 6) is 1.09. The first kappa shape index (κ1) is 16.2. The van der Waals surface area contributed by atoms with Gasteiger partial charge in [0, 0.05) is 5.75 Å². The molecular weight excluding hydrogens is 272 g/mol. The van der Waals surface area contributed by atoms with Crippen LogP contribution in [0.2, 0.25) is 0 Å². The lowest BCUT2D eigenvalue weighted by atomic mass is 9.81. The lowest BCUT2D eigenvalue weighted by Gasteiger charge is -2.24. The Morgan fingerprint density at radius 1 is 0.952 bits per heavy atom. The van der Waals surface area contributed by atoms with Gasteiger partial charge in [0.05, 0.1) is 0 Å². The summed E-state index contributed by atoms with van der Waals surface area (Å²) in [5, 5.41) is 0.678. The minimum atomic E-state index is 0.156. The highest BCUT2D eigenvalue weighted by Crippen LogP contribution is 2.34. The summed E-state index contributed by atoms with van der Waals surface area (Å²) in [5.41, 5.74) is 5.70. The Morgan fingerprint density at radius 3 is 2.19 bits per heavy atom. The molecular formula is C20H26S. The van der Waals surface area contributed by atoms with Gasteiger partial charge in [0.15, 0.2) is 0 Å². The van der Waals surface area contributed by atoms with E-state index >= 15 is 0 Å². The van der Waals surface area contributed by atoms with Crippen LogP contribution in [0.1, 0.15) is 45.7 Å². The van der Waals surface area contributed by atoms with Crippen molar-refractivity contribution >= 4 is 11.8 Å². The molecule has 0 saturated heterocycles. The van der Waals surface area contributed by atoms with Crippen molar-refractivity contribution in [2.24, 2.45) is 0 Å². The molecule has 0 N–H and O–H groups in total. The first-order chi connectivity index (χ1) is 9.88. The monoisotopic (exact) mass is 298 g/mol. The summed E-state index contributed by atoms with van der Waals surface area (Å²) in [7, 11) is 0. The van der Waals surface area contributed by atoms with Crippen LogP contribution >= 0.6 is 11.8 Å². The quantitative estimate of drug-likeness (QED) is 0.639. The van der Waals surface area contributed by atoms with Gasteiger partial charge in [-0.05, 0) is 32.9 Å². The van der Waals surface area contributed by atoms with E-state index < -0.39 is 0 Å². The van der Waals surface area contributed by atoms with Crippen molar-refractivity contribution in [3.8, 4) is 11.1 Å². The van der Waals surface area contributed by atoms with Crippen molar-refractivity contribution in [3.63, 3.8) is 0 Å². The molecule has 0 nitrogen and oxygen atoms in total. The van der Waals surface area contributed by atoms with Crippen LogP contribution in [0.25, 0.3) is 11.1 Å². The third-order valence-electron chi connectivity index (χ3n) is 3.56. The van der Waals surface area contributed by atoms with Crippen LogP contribution in [0, 0.1) is 0 Å². The molecule has 112 valence electrons. The molecule has 0 spiro atoms. The largest absolute Gasteiger partial charge is 0.154 e. The van der Waals surface area contributed by atoms with Crippen molar-refractivity contribution in [1.29, 1.82) is 0 Å². The van der Waals surface area contributed by atoms with E-state index in [0.717, 1.165) is 5.75 Å². The molecule has 21 heavy (non-hydrogen) atoms. The Bertz CT molecular complexity index is 577. The van der Waals surface area contributed by atoms with Gasteiger partial charge >= 0.3 is 0 Å². The van der Waals surface area contributed by atoms with Gasteiger partial charge in [-0.3, -0.25) is 0 Å². The van der Waals surface area contributed by atoms with Crippen molar-refractivity contribution < 1.29 is 0 Å². The van der Waals surface area contributed by atoms with Crippen LogP contribution in [0.5, 0.6) is 0 Å². The van der Waals surface area contributed by atoms with Crippen LogP contribution in [0.15, 0.2) is 48.5 Å². The maximum Gasteiger partial charge on any atom is 0.0187 e. The highest BCUT2D eigenvalue weighted by molar-refractivity contribution is 7.99. The second-order valence-electron chi connectivity index (χ2n) is 6.86. The fraction of sp³-hybridized carbons (Fsp3) is 0.400. The molecule has 0 bridgehead atoms. The Hall–Kier alpha value is -1.21. The Kier molecular flexibility index (Phi) is 5.16. The van der Waals surface area contributed by atoms with Gasteiger partial charge in [-0.1, -0.05) is 83.1 Å². The van der Waals surface area contributed by atoms with Gasteiger partial charge in [0.2, 0.25) is 0 Å². The average Bonchev–Trinajstić information content (AvgIpc) is 2.45. The van der Waals surface area contributed by atoms with Crippen molar-refractivity contribution in [3.05, 3.63) is 59.7 Å². The van der Waals surface area contributed by atoms with Gasteiger partial charge in [0.25, 0.3) is 0 Å². The van der Waals surface area contributed by atoms with E-state index in [4.69, 9.17) is 0 Å². The van der Waals surface area contributed by atoms with E-state index in [0.29, 0.717) is 5.25 Å². The third kappa shape index (κ3) is 4.38. The number of thioether (sulfide) groups is 1. The second-order valence-corrected chi connectivity index (χ2v) is 8.42. The molecule has 1 heteroatoms. The number of hydrogen-bond donors (Lipinski definition) is 0. The van der Waals surface area contributed by atoms with Crippen molar-refractivity contribution in [1.82, 2.24) is 0 Å². The molecule has 0 aromatic heterocycles. The zero-order valence-electron chi connectivity index (χ0n) is 13.8. The zero-order valence-corrected chi connectivity index (χ0v) is 14.6. The number of hydrogen-bond acceptors (Lipinski definition) is 1. The van der Waals surface area contributed by atoms with E-state index in [9.17, 15) is 0 Å². The predicted octanol–water partition coefficient (Wildman–Crippen LogP) is 6.29. The fourth-order valence-corrected chi connectivity index (χ4v) is 3.14. The van der Waals surface area contributed by atoms with Crippen LogP contribution in [-0.2, 0) is 11.2 Å². The third-order valence-corrected chi connectivity index (χ3v) is 4.73. The molecule has 0 aliphatic carbocycles. The SMILES string of the molecule is CC(C)SCc1ccc(-c2ccccc2)c(C(C)(C)C)c1. The fourth-order valence-electron chi connectivity index (χ4n) is 2.43. The van der Waals surface area contributed by atoms with Crippen LogP contribution < -0.4 is 0 Å². The molecule has 2 aromatic rings. The molecule has 0 aliphatic rings.